The van der Waals surface area contributed by atoms with Crippen LogP contribution in [-0.4, -0.2) is 5.66 Å². The highest BCUT2D eigenvalue weighted by Crippen LogP contribution is 2.65. The Morgan fingerprint density at radius 2 is 1.55 bits per heavy atom. The summed E-state index contributed by atoms with van der Waals surface area (Å²) >= 11 is 0. The number of para-hydroxylation sites is 1. The van der Waals surface area contributed by atoms with Crippen molar-refractivity contribution in [3.63, 3.8) is 0 Å². The van der Waals surface area contributed by atoms with Crippen LogP contribution in [0, 0.1) is 11.8 Å². The average Bonchev–Trinajstić information content (AvgIpc) is 3.32. The van der Waals surface area contributed by atoms with Crippen LogP contribution in [0.2, 0.25) is 0 Å². The van der Waals surface area contributed by atoms with Crippen LogP contribution in [0.4, 0.5) is 0 Å². The standard InChI is InChI=1S/C37H31O2P/c38-40(26-13-3-1-4-14-26,27-15-5-2-6-16-27)28-23-24-34-36(25-28)39-35-22-12-11-21-33(35)37(34)31-19-9-7-17-29(31)30-18-8-10-20-32(30)37/h1-7,9-15,17,19-25,27,29,31H,8,16,18H2. The molecule has 0 radical (unpaired) electrons. The molecule has 1 spiro atoms. The van der Waals surface area contributed by atoms with Crippen molar-refractivity contribution < 1.29 is 9.30 Å². The molecule has 5 unspecified atom stereocenters. The predicted octanol–water partition coefficient (Wildman–Crippen LogP) is 8.30. The molecule has 0 N–H and O–H groups in total. The molecule has 1 aliphatic heterocycles. The van der Waals surface area contributed by atoms with Crippen molar-refractivity contribution in [2.75, 3.05) is 0 Å². The third-order valence-corrected chi connectivity index (χ3v) is 13.0. The molecule has 40 heavy (non-hydrogen) atoms. The van der Waals surface area contributed by atoms with Crippen LogP contribution in [0.1, 0.15) is 30.4 Å². The van der Waals surface area contributed by atoms with Gasteiger partial charge in [0.05, 0.1) is 5.41 Å². The van der Waals surface area contributed by atoms with Gasteiger partial charge in [-0.1, -0.05) is 127 Å². The van der Waals surface area contributed by atoms with Gasteiger partial charge in [-0.25, -0.2) is 0 Å². The summed E-state index contributed by atoms with van der Waals surface area (Å²) < 4.78 is 22.0. The van der Waals surface area contributed by atoms with E-state index in [4.69, 9.17) is 4.74 Å². The highest BCUT2D eigenvalue weighted by molar-refractivity contribution is 7.79. The van der Waals surface area contributed by atoms with E-state index in [-0.39, 0.29) is 17.0 Å². The van der Waals surface area contributed by atoms with E-state index < -0.39 is 7.14 Å². The Morgan fingerprint density at radius 1 is 0.750 bits per heavy atom. The molecule has 0 bridgehead atoms. The number of rotatable bonds is 3. The molecule has 8 rings (SSSR count). The Balaban J connectivity index is 1.38. The second kappa shape index (κ2) is 9.08. The first-order valence-corrected chi connectivity index (χ1v) is 16.2. The lowest BCUT2D eigenvalue weighted by molar-refractivity contribution is 0.360. The van der Waals surface area contributed by atoms with Crippen molar-refractivity contribution in [1.82, 2.24) is 0 Å². The highest BCUT2D eigenvalue weighted by Gasteiger charge is 2.57. The summed E-state index contributed by atoms with van der Waals surface area (Å²) in [6.07, 6.45) is 25.2. The second-order valence-electron chi connectivity index (χ2n) is 11.4. The maximum Gasteiger partial charge on any atom is 0.150 e. The van der Waals surface area contributed by atoms with Crippen molar-refractivity contribution in [2.45, 2.75) is 30.3 Å². The van der Waals surface area contributed by atoms with E-state index in [1.54, 1.807) is 5.57 Å². The Bertz CT molecular complexity index is 1750. The van der Waals surface area contributed by atoms with E-state index >= 15 is 4.57 Å². The maximum atomic E-state index is 15.3. The predicted molar refractivity (Wildman–Crippen MR) is 164 cm³/mol. The zero-order valence-corrected chi connectivity index (χ0v) is 23.2. The van der Waals surface area contributed by atoms with Gasteiger partial charge in [0.25, 0.3) is 0 Å². The monoisotopic (exact) mass is 538 g/mol. The molecule has 0 aromatic heterocycles. The van der Waals surface area contributed by atoms with Crippen molar-refractivity contribution in [3.8, 4) is 11.5 Å². The van der Waals surface area contributed by atoms with Gasteiger partial charge in [-0.15, -0.1) is 0 Å². The van der Waals surface area contributed by atoms with Gasteiger partial charge in [-0.3, -0.25) is 0 Å². The molecule has 3 aromatic carbocycles. The molecular weight excluding hydrogens is 507 g/mol. The molecule has 4 aliphatic carbocycles. The second-order valence-corrected chi connectivity index (χ2v) is 14.4. The topological polar surface area (TPSA) is 26.3 Å². The molecule has 0 amide bonds. The van der Waals surface area contributed by atoms with Crippen molar-refractivity contribution >= 4 is 17.8 Å². The zero-order valence-electron chi connectivity index (χ0n) is 22.3. The van der Waals surface area contributed by atoms with E-state index in [9.17, 15) is 0 Å². The Hall–Kier alpha value is -3.87. The molecule has 1 heterocycles. The minimum atomic E-state index is -3.00. The Morgan fingerprint density at radius 3 is 2.42 bits per heavy atom. The van der Waals surface area contributed by atoms with Crippen LogP contribution in [0.5, 0.6) is 11.5 Å². The first-order valence-electron chi connectivity index (χ1n) is 14.4. The lowest BCUT2D eigenvalue weighted by Gasteiger charge is -2.44. The maximum absolute atomic E-state index is 15.3. The SMILES string of the molecule is O=P(c1ccccc1)(c1ccc2c(c1)Oc1ccccc1C21C2=C(CCC=C2)C2C=CC=CC21)C1C=CC=CC1. The lowest BCUT2D eigenvalue weighted by atomic mass is 9.61. The number of fused-ring (bicyclic) bond motifs is 8. The fourth-order valence-corrected chi connectivity index (χ4v) is 10.9. The zero-order chi connectivity index (χ0) is 26.7. The van der Waals surface area contributed by atoms with Gasteiger partial charge >= 0.3 is 0 Å². The van der Waals surface area contributed by atoms with Gasteiger partial charge < -0.3 is 9.30 Å². The Kier molecular flexibility index (Phi) is 5.44. The first-order chi connectivity index (χ1) is 19.7. The fourth-order valence-electron chi connectivity index (χ4n) is 7.89. The van der Waals surface area contributed by atoms with Gasteiger partial charge in [0.15, 0.2) is 0 Å². The van der Waals surface area contributed by atoms with Crippen LogP contribution in [0.15, 0.2) is 145 Å². The van der Waals surface area contributed by atoms with Gasteiger partial charge in [-0.05, 0) is 37.0 Å². The Labute approximate surface area is 236 Å². The smallest absolute Gasteiger partial charge is 0.150 e. The third-order valence-electron chi connectivity index (χ3n) is 9.54. The summed E-state index contributed by atoms with van der Waals surface area (Å²) in [5.41, 5.74) is 4.95. The van der Waals surface area contributed by atoms with Crippen LogP contribution < -0.4 is 15.3 Å². The summed E-state index contributed by atoms with van der Waals surface area (Å²) in [5, 5.41) is 1.76. The number of benzene rings is 3. The molecule has 0 saturated heterocycles. The summed E-state index contributed by atoms with van der Waals surface area (Å²) in [4.78, 5) is 0. The highest BCUT2D eigenvalue weighted by atomic mass is 31.2. The van der Waals surface area contributed by atoms with Gasteiger partial charge in [-0.2, -0.15) is 0 Å². The third kappa shape index (κ3) is 3.20. The van der Waals surface area contributed by atoms with Crippen molar-refractivity contribution in [3.05, 3.63) is 156 Å². The molecule has 0 saturated carbocycles. The van der Waals surface area contributed by atoms with Gasteiger partial charge in [0.2, 0.25) is 0 Å². The molecule has 196 valence electrons. The van der Waals surface area contributed by atoms with Crippen molar-refractivity contribution in [1.29, 1.82) is 0 Å². The van der Waals surface area contributed by atoms with Crippen LogP contribution in [0.3, 0.4) is 0 Å². The summed E-state index contributed by atoms with van der Waals surface area (Å²) in [7, 11) is -3.00. The summed E-state index contributed by atoms with van der Waals surface area (Å²) in [6.45, 7) is 0. The summed E-state index contributed by atoms with van der Waals surface area (Å²) in [5.74, 6) is 2.37. The molecule has 0 fully saturated rings. The van der Waals surface area contributed by atoms with Crippen LogP contribution in [0.25, 0.3) is 0 Å². The van der Waals surface area contributed by atoms with Gasteiger partial charge in [0.1, 0.15) is 18.6 Å². The van der Waals surface area contributed by atoms with E-state index in [1.165, 1.54) is 16.7 Å². The van der Waals surface area contributed by atoms with Crippen molar-refractivity contribution in [2.24, 2.45) is 11.8 Å². The molecule has 2 nitrogen and oxygen atoms in total. The largest absolute Gasteiger partial charge is 0.457 e. The molecular formula is C37H31O2P. The van der Waals surface area contributed by atoms with E-state index in [1.807, 2.05) is 42.5 Å². The van der Waals surface area contributed by atoms with Crippen LogP contribution in [-0.2, 0) is 9.98 Å². The van der Waals surface area contributed by atoms with Crippen LogP contribution >= 0.6 is 7.14 Å². The van der Waals surface area contributed by atoms with E-state index in [0.717, 1.165) is 41.4 Å². The van der Waals surface area contributed by atoms with E-state index in [2.05, 4.69) is 91.1 Å². The number of allylic oxidation sites excluding steroid dienone is 12. The van der Waals surface area contributed by atoms with E-state index in [0.29, 0.717) is 5.92 Å². The lowest BCUT2D eigenvalue weighted by Crippen LogP contribution is -2.39. The first kappa shape index (κ1) is 24.0. The average molecular weight is 539 g/mol. The number of hydrogen-bond donors (Lipinski definition) is 0. The molecule has 3 aromatic rings. The quantitative estimate of drug-likeness (QED) is 0.314. The number of hydrogen-bond acceptors (Lipinski definition) is 2. The minimum Gasteiger partial charge on any atom is -0.457 e. The molecule has 5 aliphatic rings. The summed E-state index contributed by atoms with van der Waals surface area (Å²) in [6, 6.07) is 25.1. The molecule has 3 heteroatoms. The molecule has 5 atom stereocenters. The van der Waals surface area contributed by atoms with Gasteiger partial charge in [0, 0.05) is 39.2 Å². The minimum absolute atomic E-state index is 0.0827. The number of ether oxygens (including phenoxy) is 1. The fraction of sp³-hybridized carbons (Fsp3) is 0.189. The normalized spacial score (nSPS) is 28.4.